The lowest BCUT2D eigenvalue weighted by Crippen LogP contribution is -2.37. The van der Waals surface area contributed by atoms with Gasteiger partial charge < -0.3 is 18.9 Å². The Morgan fingerprint density at radius 1 is 0.466 bits per heavy atom. The molecule has 0 spiro atoms. The third-order valence-corrected chi connectivity index (χ3v) is 12.4. The van der Waals surface area contributed by atoms with Crippen molar-refractivity contribution in [2.75, 3.05) is 54.1 Å². The molecule has 0 aromatic carbocycles. The zero-order valence-corrected chi connectivity index (χ0v) is 40.5. The van der Waals surface area contributed by atoms with Crippen LogP contribution >= 0.6 is 7.82 Å². The van der Waals surface area contributed by atoms with Crippen LogP contribution in [0.1, 0.15) is 251 Å². The minimum atomic E-state index is -4.27. The van der Waals surface area contributed by atoms with Gasteiger partial charge in [0.2, 0.25) is 0 Å². The van der Waals surface area contributed by atoms with Crippen LogP contribution in [0.4, 0.5) is 0 Å². The molecular weight excluding hydrogens is 746 g/mol. The summed E-state index contributed by atoms with van der Waals surface area (Å²) >= 11 is 0. The van der Waals surface area contributed by atoms with E-state index in [1.54, 1.807) is 0 Å². The molecule has 9 heteroatoms. The molecule has 2 atom stereocenters. The standard InChI is InChI=1S/C49H100NO7P/c1-6-8-10-12-14-16-18-19-20-21-22-23-24-25-26-27-28-29-30-31-33-35-37-39-41-44-54-46-48(47-56-58(52,53)55-45-43-50(3,4)5)57-49(51)42-40-38-36-34-32-17-15-13-11-9-7-2/h48H,6-47H2,1-5H3/p+1. The minimum Gasteiger partial charge on any atom is -0.457 e. The summed E-state index contributed by atoms with van der Waals surface area (Å²) in [5.74, 6) is -0.308. The van der Waals surface area contributed by atoms with E-state index >= 15 is 0 Å². The first-order chi connectivity index (χ1) is 28.1. The molecule has 58 heavy (non-hydrogen) atoms. The molecule has 8 nitrogen and oxygen atoms in total. The predicted molar refractivity (Wildman–Crippen MR) is 248 cm³/mol. The lowest BCUT2D eigenvalue weighted by Gasteiger charge is -2.24. The summed E-state index contributed by atoms with van der Waals surface area (Å²) in [7, 11) is 1.69. The van der Waals surface area contributed by atoms with Gasteiger partial charge in [0.05, 0.1) is 34.4 Å². The van der Waals surface area contributed by atoms with Crippen molar-refractivity contribution in [3.05, 3.63) is 0 Å². The number of nitrogens with zero attached hydrogens (tertiary/aromatic N) is 1. The number of hydrogen-bond donors (Lipinski definition) is 1. The molecule has 0 aliphatic heterocycles. The molecule has 0 fully saturated rings. The Labute approximate surface area is 361 Å². The van der Waals surface area contributed by atoms with Crippen LogP contribution in [0, 0.1) is 0 Å². The van der Waals surface area contributed by atoms with Crippen molar-refractivity contribution in [2.24, 2.45) is 0 Å². The van der Waals surface area contributed by atoms with Crippen LogP contribution in [0.15, 0.2) is 0 Å². The largest absolute Gasteiger partial charge is 0.472 e. The second-order valence-corrected chi connectivity index (χ2v) is 20.0. The molecule has 0 bridgehead atoms. The lowest BCUT2D eigenvalue weighted by atomic mass is 10.0. The van der Waals surface area contributed by atoms with Crippen LogP contribution in [0.3, 0.4) is 0 Å². The highest BCUT2D eigenvalue weighted by molar-refractivity contribution is 7.47. The van der Waals surface area contributed by atoms with E-state index in [1.165, 1.54) is 199 Å². The van der Waals surface area contributed by atoms with Gasteiger partial charge in [0, 0.05) is 13.0 Å². The van der Waals surface area contributed by atoms with E-state index in [2.05, 4.69) is 13.8 Å². The number of carbonyl (C=O) groups is 1. The topological polar surface area (TPSA) is 91.3 Å². The summed E-state index contributed by atoms with van der Waals surface area (Å²) in [6, 6.07) is 0. The van der Waals surface area contributed by atoms with Gasteiger partial charge in [-0.1, -0.05) is 232 Å². The Hall–Kier alpha value is -0.500. The van der Waals surface area contributed by atoms with Crippen molar-refractivity contribution >= 4 is 13.8 Å². The minimum absolute atomic E-state index is 0.0939. The quantitative estimate of drug-likeness (QED) is 0.0282. The monoisotopic (exact) mass is 847 g/mol. The van der Waals surface area contributed by atoms with E-state index in [0.29, 0.717) is 24.1 Å². The highest BCUT2D eigenvalue weighted by atomic mass is 31.2. The maximum absolute atomic E-state index is 12.7. The van der Waals surface area contributed by atoms with E-state index < -0.39 is 13.9 Å². The fraction of sp³-hybridized carbons (Fsp3) is 0.980. The average molecular weight is 847 g/mol. The molecule has 2 unspecified atom stereocenters. The van der Waals surface area contributed by atoms with Gasteiger partial charge in [-0.15, -0.1) is 0 Å². The number of quaternary nitrogens is 1. The number of rotatable bonds is 48. The van der Waals surface area contributed by atoms with Gasteiger partial charge in [-0.2, -0.15) is 0 Å². The van der Waals surface area contributed by atoms with Crippen LogP contribution in [-0.4, -0.2) is 75.6 Å². The molecule has 0 heterocycles. The number of carbonyl (C=O) groups excluding carboxylic acids is 1. The SMILES string of the molecule is CCCCCCCCCCCCCCCCCCCCCCCCCCCOCC(COP(=O)(O)OCC[N+](C)(C)C)OC(=O)CCCCCCCCCCCCC. The number of likely N-dealkylation sites (N-methyl/N-ethyl adjacent to an activating group) is 1. The fourth-order valence-corrected chi connectivity index (χ4v) is 8.24. The number of hydrogen-bond acceptors (Lipinski definition) is 6. The van der Waals surface area contributed by atoms with Crippen molar-refractivity contribution in [1.82, 2.24) is 0 Å². The van der Waals surface area contributed by atoms with Gasteiger partial charge >= 0.3 is 13.8 Å². The summed E-state index contributed by atoms with van der Waals surface area (Å²) < 4.78 is 35.1. The zero-order valence-electron chi connectivity index (χ0n) is 39.6. The zero-order chi connectivity index (χ0) is 42.7. The second-order valence-electron chi connectivity index (χ2n) is 18.6. The van der Waals surface area contributed by atoms with Gasteiger partial charge in [0.1, 0.15) is 19.3 Å². The maximum Gasteiger partial charge on any atom is 0.472 e. The number of unbranched alkanes of at least 4 members (excludes halogenated alkanes) is 34. The van der Waals surface area contributed by atoms with E-state index in [1.807, 2.05) is 21.1 Å². The molecule has 0 aromatic heterocycles. The average Bonchev–Trinajstić information content (AvgIpc) is 3.18. The van der Waals surface area contributed by atoms with Gasteiger partial charge in [0.25, 0.3) is 0 Å². The Kier molecular flexibility index (Phi) is 42.8. The number of phosphoric acid groups is 1. The van der Waals surface area contributed by atoms with E-state index in [0.717, 1.165) is 32.1 Å². The van der Waals surface area contributed by atoms with E-state index in [9.17, 15) is 14.3 Å². The third-order valence-electron chi connectivity index (χ3n) is 11.4. The first-order valence-corrected chi connectivity index (χ1v) is 26.8. The molecule has 1 N–H and O–H groups in total. The summed E-state index contributed by atoms with van der Waals surface area (Å²) in [6.07, 6.45) is 47.3. The van der Waals surface area contributed by atoms with Crippen molar-refractivity contribution in [3.8, 4) is 0 Å². The summed E-state index contributed by atoms with van der Waals surface area (Å²) in [5, 5.41) is 0. The van der Waals surface area contributed by atoms with Gasteiger partial charge in [-0.25, -0.2) is 4.57 Å². The van der Waals surface area contributed by atoms with Crippen molar-refractivity contribution < 1.29 is 37.3 Å². The number of esters is 1. The molecule has 0 aliphatic rings. The summed E-state index contributed by atoms with van der Waals surface area (Å²) in [5.41, 5.74) is 0. The van der Waals surface area contributed by atoms with Crippen molar-refractivity contribution in [3.63, 3.8) is 0 Å². The number of ether oxygens (including phenoxy) is 2. The van der Waals surface area contributed by atoms with Crippen LogP contribution in [0.2, 0.25) is 0 Å². The van der Waals surface area contributed by atoms with E-state index in [4.69, 9.17) is 18.5 Å². The highest BCUT2D eigenvalue weighted by Gasteiger charge is 2.26. The van der Waals surface area contributed by atoms with Gasteiger partial charge in [0.15, 0.2) is 0 Å². The van der Waals surface area contributed by atoms with E-state index in [-0.39, 0.29) is 25.8 Å². The molecule has 0 rings (SSSR count). The molecule has 0 saturated carbocycles. The molecule has 0 radical (unpaired) electrons. The Morgan fingerprint density at radius 3 is 1.14 bits per heavy atom. The van der Waals surface area contributed by atoms with Crippen molar-refractivity contribution in [2.45, 2.75) is 258 Å². The fourth-order valence-electron chi connectivity index (χ4n) is 7.50. The Bertz CT molecular complexity index is 899. The second kappa shape index (κ2) is 43.2. The predicted octanol–water partition coefficient (Wildman–Crippen LogP) is 15.2. The maximum atomic E-state index is 12.7. The molecule has 0 saturated heterocycles. The van der Waals surface area contributed by atoms with Crippen LogP contribution in [-0.2, 0) is 27.9 Å². The van der Waals surface area contributed by atoms with Gasteiger partial charge in [-0.3, -0.25) is 13.8 Å². The summed E-state index contributed by atoms with van der Waals surface area (Å²) in [6.45, 7) is 5.68. The summed E-state index contributed by atoms with van der Waals surface area (Å²) in [4.78, 5) is 22.9. The normalized spacial score (nSPS) is 13.6. The van der Waals surface area contributed by atoms with Crippen LogP contribution in [0.5, 0.6) is 0 Å². The lowest BCUT2D eigenvalue weighted by molar-refractivity contribution is -0.870. The first-order valence-electron chi connectivity index (χ1n) is 25.3. The molecule has 0 aromatic rings. The highest BCUT2D eigenvalue weighted by Crippen LogP contribution is 2.43. The smallest absolute Gasteiger partial charge is 0.457 e. The first kappa shape index (κ1) is 57.5. The molecule has 348 valence electrons. The van der Waals surface area contributed by atoms with Gasteiger partial charge in [-0.05, 0) is 12.8 Å². The van der Waals surface area contributed by atoms with Crippen LogP contribution in [0.25, 0.3) is 0 Å². The van der Waals surface area contributed by atoms with Crippen molar-refractivity contribution in [1.29, 1.82) is 0 Å². The number of phosphoric ester groups is 1. The molecule has 0 aliphatic carbocycles. The Balaban J connectivity index is 3.96. The Morgan fingerprint density at radius 2 is 0.793 bits per heavy atom. The molecule has 0 amide bonds. The molecular formula is C49H101NO7P+. The third kappa shape index (κ3) is 46.6. The van der Waals surface area contributed by atoms with Crippen LogP contribution < -0.4 is 0 Å².